The monoisotopic (exact) mass is 419 g/mol. The number of ether oxygens (including phenoxy) is 3. The number of carbonyl (C=O) groups is 2. The lowest BCUT2D eigenvalue weighted by Crippen LogP contribution is -2.38. The molecule has 1 aliphatic rings. The maximum absolute atomic E-state index is 12.7. The molecule has 0 bridgehead atoms. The molecule has 0 aliphatic carbocycles. The molecule has 1 fully saturated rings. The van der Waals surface area contributed by atoms with Crippen LogP contribution in [0, 0.1) is 0 Å². The smallest absolute Gasteiger partial charge is 0.339 e. The third-order valence-electron chi connectivity index (χ3n) is 4.37. The Kier molecular flexibility index (Phi) is 7.40. The van der Waals surface area contributed by atoms with Crippen LogP contribution in [-0.2, 0) is 9.47 Å². The van der Waals surface area contributed by atoms with Gasteiger partial charge in [-0.1, -0.05) is 23.7 Å². The lowest BCUT2D eigenvalue weighted by atomic mass is 10.1. The van der Waals surface area contributed by atoms with Crippen molar-refractivity contribution in [2.45, 2.75) is 0 Å². The zero-order valence-electron chi connectivity index (χ0n) is 16.0. The van der Waals surface area contributed by atoms with Crippen LogP contribution in [0.25, 0.3) is 0 Å². The average Bonchev–Trinajstić information content (AvgIpc) is 2.74. The third-order valence-corrected chi connectivity index (χ3v) is 4.57. The van der Waals surface area contributed by atoms with Crippen LogP contribution in [0.1, 0.15) is 20.7 Å². The molecule has 2 heterocycles. The molecule has 9 heteroatoms. The van der Waals surface area contributed by atoms with Gasteiger partial charge in [-0.3, -0.25) is 9.69 Å². The number of pyridine rings is 1. The number of hydrogen-bond acceptors (Lipinski definition) is 7. The van der Waals surface area contributed by atoms with E-state index in [0.29, 0.717) is 25.5 Å². The lowest BCUT2D eigenvalue weighted by Gasteiger charge is -2.26. The number of aromatic nitrogens is 1. The first-order chi connectivity index (χ1) is 14.1. The Balaban J connectivity index is 1.66. The van der Waals surface area contributed by atoms with E-state index in [9.17, 15) is 9.59 Å². The van der Waals surface area contributed by atoms with Gasteiger partial charge in [-0.15, -0.1) is 0 Å². The van der Waals surface area contributed by atoms with Crippen molar-refractivity contribution < 1.29 is 23.8 Å². The Morgan fingerprint density at radius 1 is 1.24 bits per heavy atom. The number of anilines is 1. The number of nitrogens with one attached hydrogen (secondary N) is 1. The maximum Gasteiger partial charge on any atom is 0.339 e. The van der Waals surface area contributed by atoms with Gasteiger partial charge in [0.15, 0.2) is 0 Å². The van der Waals surface area contributed by atoms with Crippen molar-refractivity contribution in [1.82, 2.24) is 9.88 Å². The van der Waals surface area contributed by atoms with Crippen molar-refractivity contribution in [1.29, 1.82) is 0 Å². The van der Waals surface area contributed by atoms with Gasteiger partial charge in [-0.05, 0) is 18.2 Å². The summed E-state index contributed by atoms with van der Waals surface area (Å²) >= 11 is 6.06. The van der Waals surface area contributed by atoms with Gasteiger partial charge in [-0.2, -0.15) is 0 Å². The van der Waals surface area contributed by atoms with Crippen molar-refractivity contribution >= 4 is 29.2 Å². The molecular formula is C20H22ClN3O5. The molecular weight excluding hydrogens is 398 g/mol. The van der Waals surface area contributed by atoms with E-state index in [0.717, 1.165) is 19.6 Å². The first-order valence-corrected chi connectivity index (χ1v) is 9.54. The summed E-state index contributed by atoms with van der Waals surface area (Å²) < 4.78 is 15.7. The summed E-state index contributed by atoms with van der Waals surface area (Å²) in [4.78, 5) is 30.9. The molecule has 0 radical (unpaired) electrons. The normalized spacial score (nSPS) is 14.3. The first kappa shape index (κ1) is 21.0. The highest BCUT2D eigenvalue weighted by molar-refractivity contribution is 6.30. The van der Waals surface area contributed by atoms with Gasteiger partial charge >= 0.3 is 5.97 Å². The number of hydrogen-bond donors (Lipinski definition) is 1. The molecule has 1 amide bonds. The Morgan fingerprint density at radius 3 is 2.76 bits per heavy atom. The number of para-hydroxylation sites is 1. The number of morpholine rings is 1. The highest BCUT2D eigenvalue weighted by Crippen LogP contribution is 2.20. The predicted molar refractivity (Wildman–Crippen MR) is 108 cm³/mol. The number of nitrogens with zero attached hydrogens (tertiary/aromatic N) is 2. The number of rotatable bonds is 7. The van der Waals surface area contributed by atoms with Crippen LogP contribution in [0.15, 0.2) is 36.4 Å². The van der Waals surface area contributed by atoms with Gasteiger partial charge in [-0.25, -0.2) is 9.78 Å². The summed E-state index contributed by atoms with van der Waals surface area (Å²) in [6, 6.07) is 9.54. The number of methoxy groups -OCH3 is 1. The molecule has 0 saturated carbocycles. The van der Waals surface area contributed by atoms with E-state index in [1.165, 1.54) is 19.2 Å². The van der Waals surface area contributed by atoms with Gasteiger partial charge in [0.25, 0.3) is 5.91 Å². The predicted octanol–water partition coefficient (Wildman–Crippen LogP) is 2.48. The molecule has 0 spiro atoms. The largest absolute Gasteiger partial charge is 0.476 e. The van der Waals surface area contributed by atoms with Crippen LogP contribution in [0.5, 0.6) is 5.88 Å². The molecule has 0 atom stereocenters. The van der Waals surface area contributed by atoms with Gasteiger partial charge < -0.3 is 19.5 Å². The molecule has 0 unspecified atom stereocenters. The summed E-state index contributed by atoms with van der Waals surface area (Å²) in [5, 5.41) is 2.84. The lowest BCUT2D eigenvalue weighted by molar-refractivity contribution is 0.0320. The van der Waals surface area contributed by atoms with Crippen molar-refractivity contribution in [2.75, 3.05) is 51.9 Å². The summed E-state index contributed by atoms with van der Waals surface area (Å²) in [5.74, 6) is -0.721. The highest BCUT2D eigenvalue weighted by atomic mass is 35.5. The van der Waals surface area contributed by atoms with Crippen molar-refractivity contribution in [2.24, 2.45) is 0 Å². The Bertz CT molecular complexity index is 871. The van der Waals surface area contributed by atoms with E-state index >= 15 is 0 Å². The van der Waals surface area contributed by atoms with Gasteiger partial charge in [0, 0.05) is 31.3 Å². The van der Waals surface area contributed by atoms with E-state index in [1.54, 1.807) is 24.3 Å². The molecule has 1 saturated heterocycles. The standard InChI is InChI=1S/C20H22ClN3O5/c1-27-20(26)15-4-2-3-5-16(15)22-19(25)14-12-17(21)23-18(13-14)29-11-8-24-6-9-28-10-7-24/h2-5,12-13H,6-11H2,1H3,(H,22,25). The topological polar surface area (TPSA) is 90.0 Å². The fourth-order valence-corrected chi connectivity index (χ4v) is 3.06. The van der Waals surface area contributed by atoms with E-state index in [4.69, 9.17) is 25.8 Å². The number of benzene rings is 1. The minimum absolute atomic E-state index is 0.139. The summed E-state index contributed by atoms with van der Waals surface area (Å²) in [5.41, 5.74) is 0.864. The highest BCUT2D eigenvalue weighted by Gasteiger charge is 2.16. The van der Waals surface area contributed by atoms with Crippen molar-refractivity contribution in [3.05, 3.63) is 52.7 Å². The van der Waals surface area contributed by atoms with E-state index in [1.807, 2.05) is 0 Å². The van der Waals surface area contributed by atoms with Crippen LogP contribution >= 0.6 is 11.6 Å². The van der Waals surface area contributed by atoms with E-state index < -0.39 is 11.9 Å². The molecule has 2 aromatic rings. The molecule has 1 aromatic heterocycles. The van der Waals surface area contributed by atoms with Gasteiger partial charge in [0.1, 0.15) is 11.8 Å². The second-order valence-electron chi connectivity index (χ2n) is 6.31. The van der Waals surface area contributed by atoms with Crippen LogP contribution in [0.3, 0.4) is 0 Å². The Morgan fingerprint density at radius 2 is 2.00 bits per heavy atom. The molecule has 29 heavy (non-hydrogen) atoms. The Labute approximate surface area is 173 Å². The maximum atomic E-state index is 12.7. The number of halogens is 1. The van der Waals surface area contributed by atoms with Crippen LogP contribution in [-0.4, -0.2) is 68.3 Å². The molecule has 8 nitrogen and oxygen atoms in total. The van der Waals surface area contributed by atoms with Crippen molar-refractivity contribution in [3.63, 3.8) is 0 Å². The molecule has 1 aromatic carbocycles. The molecule has 3 rings (SSSR count). The third kappa shape index (κ3) is 5.90. The zero-order valence-corrected chi connectivity index (χ0v) is 16.8. The molecule has 154 valence electrons. The molecule has 1 aliphatic heterocycles. The number of carbonyl (C=O) groups excluding carboxylic acids is 2. The summed E-state index contributed by atoms with van der Waals surface area (Å²) in [6.07, 6.45) is 0. The first-order valence-electron chi connectivity index (χ1n) is 9.16. The fraction of sp³-hybridized carbons (Fsp3) is 0.350. The minimum Gasteiger partial charge on any atom is -0.476 e. The van der Waals surface area contributed by atoms with Crippen LogP contribution in [0.2, 0.25) is 5.15 Å². The van der Waals surface area contributed by atoms with Gasteiger partial charge in [0.05, 0.1) is 31.6 Å². The summed E-state index contributed by atoms with van der Waals surface area (Å²) in [7, 11) is 1.28. The van der Waals surface area contributed by atoms with Crippen LogP contribution < -0.4 is 10.1 Å². The second kappa shape index (κ2) is 10.2. The quantitative estimate of drug-likeness (QED) is 0.544. The van der Waals surface area contributed by atoms with Crippen LogP contribution in [0.4, 0.5) is 5.69 Å². The number of esters is 1. The van der Waals surface area contributed by atoms with Crippen molar-refractivity contribution in [3.8, 4) is 5.88 Å². The summed E-state index contributed by atoms with van der Waals surface area (Å²) in [6.45, 7) is 4.30. The van der Waals surface area contributed by atoms with E-state index in [-0.39, 0.29) is 22.2 Å². The zero-order chi connectivity index (χ0) is 20.6. The fourth-order valence-electron chi connectivity index (χ4n) is 2.86. The Hall–Kier alpha value is -2.68. The average molecular weight is 420 g/mol. The second-order valence-corrected chi connectivity index (χ2v) is 6.70. The van der Waals surface area contributed by atoms with E-state index in [2.05, 4.69) is 15.2 Å². The SMILES string of the molecule is COC(=O)c1ccccc1NC(=O)c1cc(Cl)nc(OCCN2CCOCC2)c1. The van der Waals surface area contributed by atoms with Gasteiger partial charge in [0.2, 0.25) is 5.88 Å². The minimum atomic E-state index is -0.541. The molecule has 1 N–H and O–H groups in total. The number of amides is 1.